The quantitative estimate of drug-likeness (QED) is 0.588. The second-order valence-corrected chi connectivity index (χ2v) is 6.00. The maximum Gasteiger partial charge on any atom is 0.151 e. The molecule has 0 saturated carbocycles. The summed E-state index contributed by atoms with van der Waals surface area (Å²) in [6.45, 7) is 1.85. The molecule has 26 heavy (non-hydrogen) atoms. The molecule has 4 rings (SSSR count). The van der Waals surface area contributed by atoms with Crippen molar-refractivity contribution in [2.75, 3.05) is 5.73 Å². The number of nitrogens with zero attached hydrogens (tertiary/aromatic N) is 5. The average Bonchev–Trinajstić information content (AvgIpc) is 3.30. The van der Waals surface area contributed by atoms with Gasteiger partial charge in [0.25, 0.3) is 0 Å². The molecule has 0 saturated heterocycles. The number of nitrogens with two attached hydrogens (primary N) is 1. The van der Waals surface area contributed by atoms with Crippen LogP contribution in [0.25, 0.3) is 11.2 Å². The Morgan fingerprint density at radius 1 is 1.19 bits per heavy atom. The van der Waals surface area contributed by atoms with Gasteiger partial charge in [-0.3, -0.25) is 0 Å². The van der Waals surface area contributed by atoms with Crippen LogP contribution in [0.3, 0.4) is 0 Å². The number of hydrogen-bond donors (Lipinski definition) is 2. The normalized spacial score (nSPS) is 13.8. The number of hydrogen-bond acceptors (Lipinski definition) is 5. The van der Waals surface area contributed by atoms with Crippen molar-refractivity contribution in [2.24, 2.45) is 0 Å². The standard InChI is InChI=1S/C18H17FN6O/c1-2-18(26,16-8-7-15-17(20)21-11-23-25(15)16)12-9-22-24(10-12)14-6-4-3-5-13(14)19/h3-11,26H,2H2,1H3,(H2,20,21,23). The minimum Gasteiger partial charge on any atom is -0.382 e. The van der Waals surface area contributed by atoms with Crippen LogP contribution in [0.1, 0.15) is 24.6 Å². The zero-order chi connectivity index (χ0) is 18.3. The third-order valence-corrected chi connectivity index (χ3v) is 4.58. The minimum atomic E-state index is -1.36. The fraction of sp³-hybridized carbons (Fsp3) is 0.167. The predicted molar refractivity (Wildman–Crippen MR) is 94.2 cm³/mol. The molecule has 0 aliphatic carbocycles. The molecule has 0 amide bonds. The first-order valence-electron chi connectivity index (χ1n) is 8.15. The van der Waals surface area contributed by atoms with Gasteiger partial charge in [-0.05, 0) is 30.7 Å². The summed E-state index contributed by atoms with van der Waals surface area (Å²) in [6.07, 6.45) is 4.85. The number of halogens is 1. The van der Waals surface area contributed by atoms with Crippen molar-refractivity contribution in [1.82, 2.24) is 24.4 Å². The fourth-order valence-corrected chi connectivity index (χ4v) is 3.10. The summed E-state index contributed by atoms with van der Waals surface area (Å²) in [7, 11) is 0. The van der Waals surface area contributed by atoms with Crippen molar-refractivity contribution < 1.29 is 9.50 Å². The number of aromatic nitrogens is 5. The van der Waals surface area contributed by atoms with Crippen molar-refractivity contribution in [1.29, 1.82) is 0 Å². The molecule has 3 heterocycles. The van der Waals surface area contributed by atoms with E-state index in [-0.39, 0.29) is 0 Å². The molecule has 0 bridgehead atoms. The smallest absolute Gasteiger partial charge is 0.151 e. The number of aliphatic hydroxyl groups is 1. The van der Waals surface area contributed by atoms with Crippen molar-refractivity contribution in [2.45, 2.75) is 18.9 Å². The number of para-hydroxylation sites is 1. The number of benzene rings is 1. The first-order chi connectivity index (χ1) is 12.5. The van der Waals surface area contributed by atoms with E-state index in [1.54, 1.807) is 41.0 Å². The summed E-state index contributed by atoms with van der Waals surface area (Å²) in [5, 5.41) is 19.8. The Morgan fingerprint density at radius 2 is 2.00 bits per heavy atom. The highest BCUT2D eigenvalue weighted by atomic mass is 19.1. The summed E-state index contributed by atoms with van der Waals surface area (Å²) in [6, 6.07) is 9.84. The molecule has 0 spiro atoms. The molecule has 0 radical (unpaired) electrons. The molecule has 0 fully saturated rings. The summed E-state index contributed by atoms with van der Waals surface area (Å²) in [5.74, 6) is -0.0670. The molecule has 1 atom stereocenters. The SMILES string of the molecule is CCC(O)(c1cnn(-c2ccccc2F)c1)c1ccc2c(N)ncnn12. The Kier molecular flexibility index (Phi) is 3.69. The topological polar surface area (TPSA) is 94.3 Å². The highest BCUT2D eigenvalue weighted by Gasteiger charge is 2.34. The maximum absolute atomic E-state index is 14.0. The van der Waals surface area contributed by atoms with Gasteiger partial charge in [-0.15, -0.1) is 0 Å². The lowest BCUT2D eigenvalue weighted by Crippen LogP contribution is -2.28. The second-order valence-electron chi connectivity index (χ2n) is 6.00. The third-order valence-electron chi connectivity index (χ3n) is 4.58. The highest BCUT2D eigenvalue weighted by Crippen LogP contribution is 2.34. The van der Waals surface area contributed by atoms with Crippen LogP contribution < -0.4 is 5.73 Å². The number of rotatable bonds is 4. The van der Waals surface area contributed by atoms with Gasteiger partial charge in [0.15, 0.2) is 5.82 Å². The van der Waals surface area contributed by atoms with Gasteiger partial charge in [-0.1, -0.05) is 19.1 Å². The highest BCUT2D eigenvalue weighted by molar-refractivity contribution is 5.66. The molecule has 0 aliphatic heterocycles. The van der Waals surface area contributed by atoms with Gasteiger partial charge in [0.05, 0.1) is 11.9 Å². The van der Waals surface area contributed by atoms with Gasteiger partial charge in [-0.25, -0.2) is 18.6 Å². The molecule has 1 unspecified atom stereocenters. The predicted octanol–water partition coefficient (Wildman–Crippen LogP) is 2.28. The summed E-state index contributed by atoms with van der Waals surface area (Å²) in [5.41, 5.74) is 6.50. The second kappa shape index (κ2) is 5.92. The van der Waals surface area contributed by atoms with Crippen molar-refractivity contribution >= 4 is 11.3 Å². The average molecular weight is 352 g/mol. The summed E-state index contributed by atoms with van der Waals surface area (Å²) < 4.78 is 17.0. The Balaban J connectivity index is 1.84. The van der Waals surface area contributed by atoms with Gasteiger partial charge >= 0.3 is 0 Å². The van der Waals surface area contributed by atoms with E-state index in [1.807, 2.05) is 6.92 Å². The third kappa shape index (κ3) is 2.34. The number of nitrogen functional groups attached to an aromatic ring is 1. The molecule has 4 aromatic rings. The zero-order valence-electron chi connectivity index (χ0n) is 14.0. The number of anilines is 1. The molecule has 3 aromatic heterocycles. The van der Waals surface area contributed by atoms with E-state index in [9.17, 15) is 9.50 Å². The Hall–Kier alpha value is -3.26. The monoisotopic (exact) mass is 352 g/mol. The van der Waals surface area contributed by atoms with Gasteiger partial charge in [0.1, 0.15) is 28.9 Å². The van der Waals surface area contributed by atoms with Crippen LogP contribution >= 0.6 is 0 Å². The molecule has 8 heteroatoms. The van der Waals surface area contributed by atoms with Gasteiger partial charge in [0.2, 0.25) is 0 Å². The molecular weight excluding hydrogens is 335 g/mol. The van der Waals surface area contributed by atoms with E-state index >= 15 is 0 Å². The van der Waals surface area contributed by atoms with E-state index < -0.39 is 11.4 Å². The van der Waals surface area contributed by atoms with Gasteiger partial charge < -0.3 is 10.8 Å². The Labute approximate surface area is 148 Å². The van der Waals surface area contributed by atoms with E-state index in [1.165, 1.54) is 23.3 Å². The summed E-state index contributed by atoms with van der Waals surface area (Å²) >= 11 is 0. The fourth-order valence-electron chi connectivity index (χ4n) is 3.10. The molecule has 132 valence electrons. The van der Waals surface area contributed by atoms with Crippen LogP contribution in [-0.4, -0.2) is 29.5 Å². The van der Waals surface area contributed by atoms with Crippen LogP contribution in [0.2, 0.25) is 0 Å². The van der Waals surface area contributed by atoms with E-state index in [2.05, 4.69) is 15.2 Å². The summed E-state index contributed by atoms with van der Waals surface area (Å²) in [4.78, 5) is 3.96. The lowest BCUT2D eigenvalue weighted by Gasteiger charge is -2.25. The van der Waals surface area contributed by atoms with Crippen molar-refractivity contribution in [3.63, 3.8) is 0 Å². The van der Waals surface area contributed by atoms with Crippen LogP contribution in [0.15, 0.2) is 55.1 Å². The van der Waals surface area contributed by atoms with Crippen LogP contribution in [-0.2, 0) is 5.60 Å². The van der Waals surface area contributed by atoms with Crippen LogP contribution in [0, 0.1) is 5.82 Å². The molecule has 1 aromatic carbocycles. The molecule has 0 aliphatic rings. The minimum absolute atomic E-state index is 0.309. The van der Waals surface area contributed by atoms with E-state index in [4.69, 9.17) is 5.73 Å². The first-order valence-corrected chi connectivity index (χ1v) is 8.15. The molecule has 7 nitrogen and oxygen atoms in total. The Morgan fingerprint density at radius 3 is 2.77 bits per heavy atom. The maximum atomic E-state index is 14.0. The first kappa shape index (κ1) is 16.2. The Bertz CT molecular complexity index is 1090. The lowest BCUT2D eigenvalue weighted by atomic mass is 9.90. The van der Waals surface area contributed by atoms with E-state index in [0.717, 1.165) is 0 Å². The van der Waals surface area contributed by atoms with E-state index in [0.29, 0.717) is 34.7 Å². The van der Waals surface area contributed by atoms with Crippen LogP contribution in [0.4, 0.5) is 10.2 Å². The zero-order valence-corrected chi connectivity index (χ0v) is 14.0. The van der Waals surface area contributed by atoms with Crippen molar-refractivity contribution in [3.8, 4) is 5.69 Å². The molecular formula is C18H17FN6O. The van der Waals surface area contributed by atoms with Crippen LogP contribution in [0.5, 0.6) is 0 Å². The van der Waals surface area contributed by atoms with Gasteiger partial charge in [0, 0.05) is 11.8 Å². The largest absolute Gasteiger partial charge is 0.382 e. The lowest BCUT2D eigenvalue weighted by molar-refractivity contribution is 0.0700. The van der Waals surface area contributed by atoms with Crippen molar-refractivity contribution in [3.05, 3.63) is 72.2 Å². The van der Waals surface area contributed by atoms with Gasteiger partial charge in [-0.2, -0.15) is 10.2 Å². The molecule has 3 N–H and O–H groups in total. The number of fused-ring (bicyclic) bond motifs is 1.